The SMILES string of the molecule is CBOC(=O)COc1cc(-c2ccc(C(=O)NCNC(=O)[C@H](CCCCC)[C@@H](CC)N(C=O)OC(=O)c3c(C)ccnc3C)o2)ccc1C(=O)N[C@@H](CC(=O)OCCCC)C(=O)OCCCC. The van der Waals surface area contributed by atoms with Crippen molar-refractivity contribution in [2.45, 2.75) is 125 Å². The van der Waals surface area contributed by atoms with E-state index in [9.17, 15) is 38.4 Å². The maximum absolute atomic E-state index is 13.7. The molecule has 2 aromatic heterocycles. The summed E-state index contributed by atoms with van der Waals surface area (Å²) in [6.07, 6.45) is 7.15. The number of amides is 4. The van der Waals surface area contributed by atoms with Crippen LogP contribution in [0.5, 0.6) is 5.75 Å². The second kappa shape index (κ2) is 29.0. The molecule has 0 aliphatic carbocycles. The number of furan rings is 1. The average molecular weight is 934 g/mol. The van der Waals surface area contributed by atoms with Gasteiger partial charge < -0.3 is 44.1 Å². The Kier molecular flexibility index (Phi) is 23.7. The third-order valence-corrected chi connectivity index (χ3v) is 10.5. The Morgan fingerprint density at radius 2 is 1.57 bits per heavy atom. The summed E-state index contributed by atoms with van der Waals surface area (Å²) in [5, 5.41) is 8.71. The molecule has 0 saturated carbocycles. The normalized spacial score (nSPS) is 12.0. The zero-order chi connectivity index (χ0) is 49.3. The standard InChI is InChI=1S/C47H64BN5O14/c1-8-12-15-16-33(36(11-4)53(29-54)67-47(61)42-30(5)21-22-49-31(42)6)43(57)50-28-51-45(59)38-20-19-37(65-38)32-17-18-34(39(25-32)64-27-41(56)66-48-7)44(58)52-35(46(60)63-24-14-10-3)26-40(55)62-23-13-9-2/h17-22,25,29,33,35-36,48H,8-16,23-24,26-28H2,1-7H3,(H,50,57)(H,51,59)(H,52,58)/t33-,35+,36-/m1/s1. The lowest BCUT2D eigenvalue weighted by Crippen LogP contribution is -2.49. The lowest BCUT2D eigenvalue weighted by molar-refractivity contribution is -0.171. The number of ether oxygens (including phenoxy) is 3. The highest BCUT2D eigenvalue weighted by Crippen LogP contribution is 2.30. The van der Waals surface area contributed by atoms with Crippen LogP contribution in [-0.4, -0.2) is 104 Å². The molecular weight excluding hydrogens is 869 g/mol. The van der Waals surface area contributed by atoms with Crippen molar-refractivity contribution >= 4 is 55.5 Å². The number of pyridine rings is 1. The summed E-state index contributed by atoms with van der Waals surface area (Å²) in [4.78, 5) is 114. The molecule has 4 amide bonds. The van der Waals surface area contributed by atoms with Gasteiger partial charge in [0.05, 0.1) is 55.1 Å². The predicted molar refractivity (Wildman–Crippen MR) is 246 cm³/mol. The number of esters is 2. The summed E-state index contributed by atoms with van der Waals surface area (Å²) < 4.78 is 27.1. The molecule has 0 aliphatic heterocycles. The molecule has 3 rings (SSSR count). The van der Waals surface area contributed by atoms with Crippen LogP contribution < -0.4 is 20.7 Å². The van der Waals surface area contributed by atoms with E-state index in [4.69, 9.17) is 28.1 Å². The van der Waals surface area contributed by atoms with Crippen LogP contribution in [0, 0.1) is 19.8 Å². The van der Waals surface area contributed by atoms with E-state index < -0.39 is 72.6 Å². The number of hydrogen-bond acceptors (Lipinski definition) is 15. The number of carbonyl (C=O) groups is 8. The lowest BCUT2D eigenvalue weighted by Gasteiger charge is -2.32. The van der Waals surface area contributed by atoms with Crippen molar-refractivity contribution in [2.75, 3.05) is 26.5 Å². The first-order chi connectivity index (χ1) is 32.2. The first-order valence-electron chi connectivity index (χ1n) is 22.8. The van der Waals surface area contributed by atoms with Gasteiger partial charge in [0.15, 0.2) is 12.4 Å². The van der Waals surface area contributed by atoms with Gasteiger partial charge in [0, 0.05) is 11.8 Å². The van der Waals surface area contributed by atoms with Gasteiger partial charge in [-0.05, 0) is 75.4 Å². The molecule has 0 spiro atoms. The van der Waals surface area contributed by atoms with E-state index in [1.54, 1.807) is 39.9 Å². The fourth-order valence-electron chi connectivity index (χ4n) is 6.84. The number of nitrogens with one attached hydrogen (secondary N) is 3. The highest BCUT2D eigenvalue weighted by Gasteiger charge is 2.34. The van der Waals surface area contributed by atoms with Gasteiger partial charge in [-0.1, -0.05) is 72.7 Å². The molecule has 0 fully saturated rings. The number of carbonyl (C=O) groups excluding carboxylic acids is 8. The maximum Gasteiger partial charge on any atom is 0.365 e. The van der Waals surface area contributed by atoms with Crippen molar-refractivity contribution in [3.63, 3.8) is 0 Å². The molecule has 67 heavy (non-hydrogen) atoms. The Labute approximate surface area is 391 Å². The minimum atomic E-state index is -1.39. The van der Waals surface area contributed by atoms with Gasteiger partial charge >= 0.3 is 31.4 Å². The van der Waals surface area contributed by atoms with Crippen molar-refractivity contribution in [3.05, 3.63) is 70.7 Å². The van der Waals surface area contributed by atoms with Crippen LogP contribution >= 0.6 is 0 Å². The largest absolute Gasteiger partial charge is 0.538 e. The van der Waals surface area contributed by atoms with E-state index in [1.807, 2.05) is 20.8 Å². The lowest BCUT2D eigenvalue weighted by atomic mass is 9.90. The molecule has 0 radical (unpaired) electrons. The Bertz CT molecular complexity index is 2130. The summed E-state index contributed by atoms with van der Waals surface area (Å²) in [7, 11) is 0.0777. The van der Waals surface area contributed by atoms with Crippen LogP contribution in [0.15, 0.2) is 47.0 Å². The summed E-state index contributed by atoms with van der Waals surface area (Å²) in [5.74, 6) is -5.91. The Morgan fingerprint density at radius 3 is 2.22 bits per heavy atom. The van der Waals surface area contributed by atoms with E-state index in [0.717, 1.165) is 30.7 Å². The van der Waals surface area contributed by atoms with E-state index in [2.05, 4.69) is 20.9 Å². The number of unbranched alkanes of at least 4 members (excludes halogenated alkanes) is 4. The molecule has 20 heteroatoms. The summed E-state index contributed by atoms with van der Waals surface area (Å²) >= 11 is 0. The smallest absolute Gasteiger partial charge is 0.365 e. The number of aryl methyl sites for hydroxylation is 2. The zero-order valence-corrected chi connectivity index (χ0v) is 39.6. The summed E-state index contributed by atoms with van der Waals surface area (Å²) in [6, 6.07) is 6.55. The quantitative estimate of drug-likeness (QED) is 0.0143. The first kappa shape index (κ1) is 54.6. The number of benzene rings is 1. The van der Waals surface area contributed by atoms with Crippen molar-refractivity contribution in [1.82, 2.24) is 26.0 Å². The summed E-state index contributed by atoms with van der Waals surface area (Å²) in [5.41, 5.74) is 1.48. The minimum Gasteiger partial charge on any atom is -0.538 e. The van der Waals surface area contributed by atoms with Gasteiger partial charge in [-0.2, -0.15) is 5.06 Å². The molecule has 0 aliphatic rings. The van der Waals surface area contributed by atoms with Crippen LogP contribution in [0.25, 0.3) is 11.3 Å². The predicted octanol–water partition coefficient (Wildman–Crippen LogP) is 5.46. The minimum absolute atomic E-state index is 0.0777. The second-order valence-corrected chi connectivity index (χ2v) is 15.5. The zero-order valence-electron chi connectivity index (χ0n) is 39.6. The molecule has 0 unspecified atom stereocenters. The maximum atomic E-state index is 13.7. The molecule has 1 aromatic carbocycles. The van der Waals surface area contributed by atoms with Crippen molar-refractivity contribution in [3.8, 4) is 17.1 Å². The van der Waals surface area contributed by atoms with E-state index in [-0.39, 0.29) is 62.2 Å². The third-order valence-electron chi connectivity index (χ3n) is 10.5. The van der Waals surface area contributed by atoms with Gasteiger partial charge in [-0.15, -0.1) is 0 Å². The topological polar surface area (TPSA) is 248 Å². The number of hydrogen-bond donors (Lipinski definition) is 3. The van der Waals surface area contributed by atoms with Crippen LogP contribution in [-0.2, 0) is 42.9 Å². The van der Waals surface area contributed by atoms with Crippen LogP contribution in [0.2, 0.25) is 6.82 Å². The molecule has 3 aromatic rings. The van der Waals surface area contributed by atoms with Gasteiger partial charge in [0.1, 0.15) is 17.6 Å². The molecule has 3 atom stereocenters. The van der Waals surface area contributed by atoms with Gasteiger partial charge in [-0.3, -0.25) is 33.8 Å². The van der Waals surface area contributed by atoms with Gasteiger partial charge in [0.25, 0.3) is 11.8 Å². The van der Waals surface area contributed by atoms with Crippen LogP contribution in [0.3, 0.4) is 0 Å². The number of aromatic nitrogens is 1. The summed E-state index contributed by atoms with van der Waals surface area (Å²) in [6.45, 7) is 12.0. The van der Waals surface area contributed by atoms with Gasteiger partial charge in [-0.25, -0.2) is 9.59 Å². The Balaban J connectivity index is 1.79. The van der Waals surface area contributed by atoms with Crippen molar-refractivity contribution in [1.29, 1.82) is 0 Å². The number of rotatable bonds is 30. The monoisotopic (exact) mass is 933 g/mol. The number of nitrogens with zero attached hydrogens (tertiary/aromatic N) is 2. The van der Waals surface area contributed by atoms with Gasteiger partial charge in [0.2, 0.25) is 12.3 Å². The Hall–Kier alpha value is -6.73. The highest BCUT2D eigenvalue weighted by atomic mass is 16.7. The van der Waals surface area contributed by atoms with E-state index in [1.165, 1.54) is 30.3 Å². The molecule has 0 saturated heterocycles. The molecular formula is C47H64BN5O14. The van der Waals surface area contributed by atoms with Crippen LogP contribution in [0.4, 0.5) is 0 Å². The number of hydroxylamine groups is 2. The third kappa shape index (κ3) is 17.2. The fourth-order valence-corrected chi connectivity index (χ4v) is 6.84. The fraction of sp³-hybridized carbons (Fsp3) is 0.511. The molecule has 364 valence electrons. The Morgan fingerprint density at radius 1 is 0.851 bits per heavy atom. The van der Waals surface area contributed by atoms with Crippen molar-refractivity contribution < 1.29 is 66.5 Å². The first-order valence-corrected chi connectivity index (χ1v) is 22.8. The molecule has 0 bridgehead atoms. The van der Waals surface area contributed by atoms with E-state index >= 15 is 0 Å². The molecule has 19 nitrogen and oxygen atoms in total. The highest BCUT2D eigenvalue weighted by molar-refractivity contribution is 6.28. The molecule has 2 heterocycles. The van der Waals surface area contributed by atoms with Crippen LogP contribution in [0.1, 0.15) is 134 Å². The molecule has 3 N–H and O–H groups in total. The van der Waals surface area contributed by atoms with E-state index in [0.29, 0.717) is 48.9 Å². The second-order valence-electron chi connectivity index (χ2n) is 15.5. The van der Waals surface area contributed by atoms with Crippen molar-refractivity contribution in [2.24, 2.45) is 5.92 Å². The average Bonchev–Trinajstić information content (AvgIpc) is 3.81.